The average Bonchev–Trinajstić information content (AvgIpc) is 3.43. The Balaban J connectivity index is 1.12. The van der Waals surface area contributed by atoms with Gasteiger partial charge in [-0.05, 0) is 54.2 Å². The molecular weight excluding hydrogens is 508 g/mol. The first-order valence-electron chi connectivity index (χ1n) is 12.8. The molecule has 0 saturated carbocycles. The van der Waals surface area contributed by atoms with Gasteiger partial charge in [0.1, 0.15) is 5.01 Å². The van der Waals surface area contributed by atoms with Crippen molar-refractivity contribution in [3.05, 3.63) is 74.7 Å². The van der Waals surface area contributed by atoms with Gasteiger partial charge in [0.25, 0.3) is 0 Å². The predicted molar refractivity (Wildman–Crippen MR) is 145 cm³/mol. The molecule has 0 radical (unpaired) electrons. The fourth-order valence-corrected chi connectivity index (χ4v) is 5.80. The first-order chi connectivity index (χ1) is 18.0. The quantitative estimate of drug-likeness (QED) is 0.363. The molecule has 0 spiro atoms. The lowest BCUT2D eigenvalue weighted by atomic mass is 10.0. The summed E-state index contributed by atoms with van der Waals surface area (Å²) in [6.45, 7) is 5.04. The van der Waals surface area contributed by atoms with Gasteiger partial charge in [-0.1, -0.05) is 47.2 Å². The number of hydrogen-bond acceptors (Lipinski definition) is 7. The number of aryl methyl sites for hydroxylation is 2. The van der Waals surface area contributed by atoms with Crippen LogP contribution >= 0.6 is 22.9 Å². The van der Waals surface area contributed by atoms with Crippen LogP contribution < -0.4 is 4.90 Å². The molecule has 1 unspecified atom stereocenters. The van der Waals surface area contributed by atoms with E-state index < -0.39 is 0 Å². The van der Waals surface area contributed by atoms with E-state index >= 15 is 0 Å². The molecule has 2 aliphatic rings. The van der Waals surface area contributed by atoms with Crippen molar-refractivity contribution in [1.82, 2.24) is 15.1 Å². The van der Waals surface area contributed by atoms with E-state index in [1.807, 2.05) is 36.4 Å². The fraction of sp³-hybridized carbons (Fsp3) is 0.429. The zero-order chi connectivity index (χ0) is 25.6. The Morgan fingerprint density at radius 2 is 1.78 bits per heavy atom. The van der Waals surface area contributed by atoms with Gasteiger partial charge in [0, 0.05) is 62.8 Å². The lowest BCUT2D eigenvalue weighted by Gasteiger charge is -2.20. The average molecular weight is 539 g/mol. The molecule has 2 aromatic carbocycles. The van der Waals surface area contributed by atoms with Gasteiger partial charge in [-0.25, -0.2) is 0 Å². The summed E-state index contributed by atoms with van der Waals surface area (Å²) in [7, 11) is 0. The van der Waals surface area contributed by atoms with Crippen LogP contribution in [0.5, 0.6) is 0 Å². The smallest absolute Gasteiger partial charge is 0.227 e. The van der Waals surface area contributed by atoms with Crippen molar-refractivity contribution < 1.29 is 14.3 Å². The molecule has 37 heavy (non-hydrogen) atoms. The number of amides is 1. The molecule has 0 bridgehead atoms. The van der Waals surface area contributed by atoms with Crippen molar-refractivity contribution in [1.29, 1.82) is 0 Å². The van der Waals surface area contributed by atoms with Gasteiger partial charge in [0.15, 0.2) is 10.8 Å². The van der Waals surface area contributed by atoms with Gasteiger partial charge in [-0.15, -0.1) is 10.2 Å². The summed E-state index contributed by atoms with van der Waals surface area (Å²) >= 11 is 7.30. The van der Waals surface area contributed by atoms with Crippen LogP contribution in [-0.4, -0.2) is 59.6 Å². The van der Waals surface area contributed by atoms with Crippen LogP contribution in [0.1, 0.15) is 45.2 Å². The van der Waals surface area contributed by atoms with Crippen molar-refractivity contribution in [2.24, 2.45) is 5.92 Å². The van der Waals surface area contributed by atoms with E-state index in [4.69, 9.17) is 16.3 Å². The molecule has 1 atom stereocenters. The molecule has 0 N–H and O–H groups in total. The van der Waals surface area contributed by atoms with E-state index in [-0.39, 0.29) is 17.6 Å². The van der Waals surface area contributed by atoms with Crippen molar-refractivity contribution in [2.45, 2.75) is 38.6 Å². The second kappa shape index (κ2) is 12.3. The summed E-state index contributed by atoms with van der Waals surface area (Å²) in [6.07, 6.45) is 3.29. The summed E-state index contributed by atoms with van der Waals surface area (Å²) in [5.41, 5.74) is 3.29. The van der Waals surface area contributed by atoms with Gasteiger partial charge in [0.05, 0.1) is 6.61 Å². The van der Waals surface area contributed by atoms with Gasteiger partial charge in [0.2, 0.25) is 5.91 Å². The number of benzene rings is 2. The summed E-state index contributed by atoms with van der Waals surface area (Å²) in [6, 6.07) is 16.0. The highest BCUT2D eigenvalue weighted by atomic mass is 35.5. The van der Waals surface area contributed by atoms with Crippen molar-refractivity contribution in [3.63, 3.8) is 0 Å². The zero-order valence-corrected chi connectivity index (χ0v) is 22.3. The topological polar surface area (TPSA) is 75.6 Å². The number of halogens is 1. The van der Waals surface area contributed by atoms with Gasteiger partial charge >= 0.3 is 0 Å². The number of carbonyl (C=O) groups is 2. The third kappa shape index (κ3) is 7.02. The monoisotopic (exact) mass is 538 g/mol. The molecule has 5 rings (SSSR count). The van der Waals surface area contributed by atoms with Crippen LogP contribution in [0.25, 0.3) is 0 Å². The molecule has 1 amide bonds. The first-order valence-corrected chi connectivity index (χ1v) is 14.0. The molecule has 3 aromatic rings. The number of hydrogen-bond donors (Lipinski definition) is 0. The number of carbonyl (C=O) groups excluding carboxylic acids is 2. The van der Waals surface area contributed by atoms with Crippen LogP contribution in [0.3, 0.4) is 0 Å². The highest BCUT2D eigenvalue weighted by Gasteiger charge is 2.32. The summed E-state index contributed by atoms with van der Waals surface area (Å²) in [5, 5.41) is 10.3. The lowest BCUT2D eigenvalue weighted by Crippen LogP contribution is -2.26. The summed E-state index contributed by atoms with van der Waals surface area (Å²) < 4.78 is 5.54. The number of aromatic nitrogens is 2. The van der Waals surface area contributed by atoms with Crippen molar-refractivity contribution in [2.75, 3.05) is 37.7 Å². The Kier molecular flexibility index (Phi) is 8.61. The Hall–Kier alpha value is -2.65. The standard InChI is InChI=1S/C28H31ClN4O3S/c29-23-7-2-20(3-8-23)6-11-26-30-31-28(37-26)25(34)16-22-17-27(35)33(19-22)24-9-4-21(5-10-24)18-32-12-1-14-36-15-13-32/h2-5,7-10,22H,1,6,11-19H2. The van der Waals surface area contributed by atoms with Crippen LogP contribution in [0.4, 0.5) is 5.69 Å². The van der Waals surface area contributed by atoms with E-state index in [1.54, 1.807) is 4.90 Å². The number of ketones is 1. The van der Waals surface area contributed by atoms with E-state index in [9.17, 15) is 9.59 Å². The van der Waals surface area contributed by atoms with Gasteiger partial charge < -0.3 is 9.64 Å². The van der Waals surface area contributed by atoms with E-state index in [1.165, 1.54) is 22.5 Å². The molecule has 3 heterocycles. The van der Waals surface area contributed by atoms with Crippen LogP contribution in [-0.2, 0) is 28.9 Å². The van der Waals surface area contributed by atoms with Crippen molar-refractivity contribution >= 4 is 40.3 Å². The maximum absolute atomic E-state index is 12.9. The van der Waals surface area contributed by atoms with Crippen LogP contribution in [0.2, 0.25) is 5.02 Å². The van der Waals surface area contributed by atoms with Gasteiger partial charge in [-0.3, -0.25) is 14.5 Å². The van der Waals surface area contributed by atoms with Crippen LogP contribution in [0, 0.1) is 5.92 Å². The minimum Gasteiger partial charge on any atom is -0.380 e. The summed E-state index contributed by atoms with van der Waals surface area (Å²) in [5.74, 6) is 0.0148. The maximum Gasteiger partial charge on any atom is 0.227 e. The number of nitrogens with zero attached hydrogens (tertiary/aromatic N) is 4. The Morgan fingerprint density at radius 1 is 1.00 bits per heavy atom. The molecule has 2 fully saturated rings. The third-order valence-corrected chi connectivity index (χ3v) is 8.17. The highest BCUT2D eigenvalue weighted by Crippen LogP contribution is 2.29. The van der Waals surface area contributed by atoms with E-state index in [0.717, 1.165) is 62.8 Å². The summed E-state index contributed by atoms with van der Waals surface area (Å²) in [4.78, 5) is 29.8. The third-order valence-electron chi connectivity index (χ3n) is 6.89. The number of Topliss-reactive ketones (excluding diaryl/α,β-unsaturated/α-hetero) is 1. The Labute approximate surface area is 226 Å². The normalized spacial score (nSPS) is 18.8. The molecule has 2 saturated heterocycles. The van der Waals surface area contributed by atoms with E-state index in [2.05, 4.69) is 27.2 Å². The maximum atomic E-state index is 12.9. The lowest BCUT2D eigenvalue weighted by molar-refractivity contribution is -0.117. The molecule has 1 aromatic heterocycles. The van der Waals surface area contributed by atoms with Crippen molar-refractivity contribution in [3.8, 4) is 0 Å². The molecule has 0 aliphatic carbocycles. The molecule has 9 heteroatoms. The molecule has 7 nitrogen and oxygen atoms in total. The SMILES string of the molecule is O=C(CC1CC(=O)N(c2ccc(CN3CCCOCC3)cc2)C1)c1nnc(CCc2ccc(Cl)cc2)s1. The largest absolute Gasteiger partial charge is 0.380 e. The molecular formula is C28H31ClN4O3S. The number of ether oxygens (including phenoxy) is 1. The molecule has 2 aliphatic heterocycles. The Bertz CT molecular complexity index is 1210. The van der Waals surface area contributed by atoms with Crippen LogP contribution in [0.15, 0.2) is 48.5 Å². The van der Waals surface area contributed by atoms with E-state index in [0.29, 0.717) is 29.4 Å². The highest BCUT2D eigenvalue weighted by molar-refractivity contribution is 7.13. The minimum atomic E-state index is -0.0355. The minimum absolute atomic E-state index is 0.0156. The second-order valence-corrected chi connectivity index (χ2v) is 11.2. The number of anilines is 1. The number of rotatable bonds is 9. The predicted octanol–water partition coefficient (Wildman–Crippen LogP) is 4.82. The zero-order valence-electron chi connectivity index (χ0n) is 20.8. The first kappa shape index (κ1) is 26.0. The second-order valence-electron chi connectivity index (χ2n) is 9.74. The van der Waals surface area contributed by atoms with Gasteiger partial charge in [-0.2, -0.15) is 0 Å². The molecule has 194 valence electrons. The Morgan fingerprint density at radius 3 is 2.59 bits per heavy atom. The fourth-order valence-electron chi connectivity index (χ4n) is 4.88.